The largest absolute Gasteiger partial charge is 0.409 e. The SMILES string of the molecule is CC(C/C(N)=N/O)N1CCC(CN(C)C)CC1. The Bertz CT molecular complexity index is 247. The van der Waals surface area contributed by atoms with Crippen LogP contribution in [0.2, 0.25) is 0 Å². The van der Waals surface area contributed by atoms with E-state index >= 15 is 0 Å². The predicted octanol–water partition coefficient (Wildman–Crippen LogP) is 0.785. The maximum absolute atomic E-state index is 8.56. The van der Waals surface area contributed by atoms with Crippen molar-refractivity contribution in [2.24, 2.45) is 16.8 Å². The molecule has 5 nitrogen and oxygen atoms in total. The molecule has 0 aliphatic carbocycles. The minimum Gasteiger partial charge on any atom is -0.409 e. The van der Waals surface area contributed by atoms with E-state index in [2.05, 4.69) is 36.0 Å². The van der Waals surface area contributed by atoms with Gasteiger partial charge in [-0.1, -0.05) is 5.16 Å². The highest BCUT2D eigenvalue weighted by atomic mass is 16.4. The Kier molecular flexibility index (Phi) is 5.71. The molecule has 1 rings (SSSR count). The molecule has 0 bridgehead atoms. The van der Waals surface area contributed by atoms with Gasteiger partial charge in [0.25, 0.3) is 0 Å². The summed E-state index contributed by atoms with van der Waals surface area (Å²) in [4.78, 5) is 4.70. The van der Waals surface area contributed by atoms with E-state index in [0.29, 0.717) is 18.3 Å². The molecule has 0 saturated carbocycles. The van der Waals surface area contributed by atoms with Crippen LogP contribution in [-0.2, 0) is 0 Å². The number of hydrogen-bond donors (Lipinski definition) is 2. The van der Waals surface area contributed by atoms with Crippen LogP contribution < -0.4 is 5.73 Å². The molecule has 1 unspecified atom stereocenters. The standard InChI is InChI=1S/C12H26N4O/c1-10(8-12(13)14-17)16-6-4-11(5-7-16)9-15(2)3/h10-11,17H,4-9H2,1-3H3,(H2,13,14). The lowest BCUT2D eigenvalue weighted by Gasteiger charge is -2.36. The second-order valence-electron chi connectivity index (χ2n) is 5.39. The average Bonchev–Trinajstić information content (AvgIpc) is 2.28. The maximum atomic E-state index is 8.56. The lowest BCUT2D eigenvalue weighted by molar-refractivity contribution is 0.129. The molecule has 3 N–H and O–H groups in total. The minimum absolute atomic E-state index is 0.327. The smallest absolute Gasteiger partial charge is 0.140 e. The topological polar surface area (TPSA) is 65.1 Å². The Morgan fingerprint density at radius 1 is 1.47 bits per heavy atom. The molecule has 0 spiro atoms. The van der Waals surface area contributed by atoms with Crippen molar-refractivity contribution >= 4 is 5.84 Å². The second-order valence-corrected chi connectivity index (χ2v) is 5.39. The monoisotopic (exact) mass is 242 g/mol. The van der Waals surface area contributed by atoms with Crippen molar-refractivity contribution in [3.63, 3.8) is 0 Å². The molecule has 1 atom stereocenters. The molecular weight excluding hydrogens is 216 g/mol. The summed E-state index contributed by atoms with van der Waals surface area (Å²) < 4.78 is 0. The van der Waals surface area contributed by atoms with E-state index in [0.717, 1.165) is 19.0 Å². The lowest BCUT2D eigenvalue weighted by Crippen LogP contribution is -2.43. The highest BCUT2D eigenvalue weighted by Gasteiger charge is 2.23. The fourth-order valence-electron chi connectivity index (χ4n) is 2.57. The number of piperidine rings is 1. The Hall–Kier alpha value is -0.810. The number of nitrogens with two attached hydrogens (primary N) is 1. The summed E-state index contributed by atoms with van der Waals surface area (Å²) in [5.74, 6) is 1.14. The maximum Gasteiger partial charge on any atom is 0.140 e. The van der Waals surface area contributed by atoms with E-state index in [1.807, 2.05) is 0 Å². The minimum atomic E-state index is 0.327. The first kappa shape index (κ1) is 14.3. The van der Waals surface area contributed by atoms with Crippen molar-refractivity contribution in [1.82, 2.24) is 9.80 Å². The Balaban J connectivity index is 2.31. The van der Waals surface area contributed by atoms with Gasteiger partial charge < -0.3 is 20.7 Å². The molecule has 1 aliphatic heterocycles. The van der Waals surface area contributed by atoms with Crippen LogP contribution in [0.3, 0.4) is 0 Å². The average molecular weight is 242 g/mol. The summed E-state index contributed by atoms with van der Waals surface area (Å²) in [6, 6.07) is 0.367. The third-order valence-corrected chi connectivity index (χ3v) is 3.53. The van der Waals surface area contributed by atoms with Crippen LogP contribution in [0.1, 0.15) is 26.2 Å². The van der Waals surface area contributed by atoms with Gasteiger partial charge in [0.1, 0.15) is 5.84 Å². The molecule has 1 saturated heterocycles. The van der Waals surface area contributed by atoms with Crippen molar-refractivity contribution in [1.29, 1.82) is 0 Å². The summed E-state index contributed by atoms with van der Waals surface area (Å²) in [7, 11) is 4.26. The summed E-state index contributed by atoms with van der Waals surface area (Å²) in [5, 5.41) is 11.6. The molecule has 1 aliphatic rings. The molecule has 0 aromatic rings. The molecule has 0 amide bonds. The Morgan fingerprint density at radius 3 is 2.53 bits per heavy atom. The fourth-order valence-corrected chi connectivity index (χ4v) is 2.57. The van der Waals surface area contributed by atoms with Gasteiger partial charge in [-0.3, -0.25) is 0 Å². The zero-order valence-electron chi connectivity index (χ0n) is 11.3. The highest BCUT2D eigenvalue weighted by Crippen LogP contribution is 2.20. The van der Waals surface area contributed by atoms with Gasteiger partial charge in [-0.05, 0) is 52.9 Å². The molecule has 100 valence electrons. The van der Waals surface area contributed by atoms with Gasteiger partial charge >= 0.3 is 0 Å². The van der Waals surface area contributed by atoms with Gasteiger partial charge in [0, 0.05) is 19.0 Å². The van der Waals surface area contributed by atoms with Crippen LogP contribution in [0.4, 0.5) is 0 Å². The molecule has 5 heteroatoms. The quantitative estimate of drug-likeness (QED) is 0.324. The third-order valence-electron chi connectivity index (χ3n) is 3.53. The van der Waals surface area contributed by atoms with Crippen molar-refractivity contribution in [3.05, 3.63) is 0 Å². The van der Waals surface area contributed by atoms with Crippen molar-refractivity contribution < 1.29 is 5.21 Å². The zero-order chi connectivity index (χ0) is 12.8. The first-order valence-electron chi connectivity index (χ1n) is 6.38. The lowest BCUT2D eigenvalue weighted by atomic mass is 9.95. The first-order valence-corrected chi connectivity index (χ1v) is 6.38. The normalized spacial score (nSPS) is 22.0. The summed E-state index contributed by atoms with van der Waals surface area (Å²) >= 11 is 0. The summed E-state index contributed by atoms with van der Waals surface area (Å²) in [6.07, 6.45) is 3.15. The zero-order valence-corrected chi connectivity index (χ0v) is 11.3. The van der Waals surface area contributed by atoms with Gasteiger partial charge in [-0.2, -0.15) is 0 Å². The van der Waals surface area contributed by atoms with Gasteiger partial charge in [0.15, 0.2) is 0 Å². The van der Waals surface area contributed by atoms with E-state index in [1.165, 1.54) is 19.4 Å². The van der Waals surface area contributed by atoms with Crippen LogP contribution in [0.25, 0.3) is 0 Å². The molecular formula is C12H26N4O. The van der Waals surface area contributed by atoms with E-state index in [-0.39, 0.29) is 0 Å². The van der Waals surface area contributed by atoms with Gasteiger partial charge in [0.05, 0.1) is 0 Å². The molecule has 0 aromatic carbocycles. The predicted molar refractivity (Wildman–Crippen MR) is 70.3 cm³/mol. The van der Waals surface area contributed by atoms with Crippen molar-refractivity contribution in [2.45, 2.75) is 32.2 Å². The van der Waals surface area contributed by atoms with Gasteiger partial charge in [0.2, 0.25) is 0 Å². The van der Waals surface area contributed by atoms with E-state index in [4.69, 9.17) is 10.9 Å². The van der Waals surface area contributed by atoms with Crippen molar-refractivity contribution in [2.75, 3.05) is 33.7 Å². The third kappa shape index (κ3) is 4.91. The van der Waals surface area contributed by atoms with Crippen LogP contribution >= 0.6 is 0 Å². The second kappa shape index (κ2) is 6.81. The van der Waals surface area contributed by atoms with E-state index < -0.39 is 0 Å². The Labute approximate surface area is 104 Å². The number of likely N-dealkylation sites (tertiary alicyclic amines) is 1. The van der Waals surface area contributed by atoms with Crippen LogP contribution in [0, 0.1) is 5.92 Å². The number of amidine groups is 1. The van der Waals surface area contributed by atoms with Crippen LogP contribution in [-0.4, -0.2) is 60.6 Å². The molecule has 1 fully saturated rings. The van der Waals surface area contributed by atoms with Gasteiger partial charge in [-0.15, -0.1) is 0 Å². The molecule has 0 aromatic heterocycles. The van der Waals surface area contributed by atoms with Crippen LogP contribution in [0.15, 0.2) is 5.16 Å². The Morgan fingerprint density at radius 2 is 2.06 bits per heavy atom. The van der Waals surface area contributed by atoms with E-state index in [9.17, 15) is 0 Å². The number of oxime groups is 1. The molecule has 17 heavy (non-hydrogen) atoms. The number of nitrogens with zero attached hydrogens (tertiary/aromatic N) is 3. The fraction of sp³-hybridized carbons (Fsp3) is 0.917. The summed E-state index contributed by atoms with van der Waals surface area (Å²) in [5.41, 5.74) is 5.54. The van der Waals surface area contributed by atoms with Gasteiger partial charge in [-0.25, -0.2) is 0 Å². The van der Waals surface area contributed by atoms with Crippen LogP contribution in [0.5, 0.6) is 0 Å². The number of hydrogen-bond acceptors (Lipinski definition) is 4. The number of rotatable bonds is 5. The molecule has 1 heterocycles. The van der Waals surface area contributed by atoms with Crippen molar-refractivity contribution in [3.8, 4) is 0 Å². The first-order chi connectivity index (χ1) is 8.02. The summed E-state index contributed by atoms with van der Waals surface area (Å²) in [6.45, 7) is 5.57. The molecule has 0 radical (unpaired) electrons. The highest BCUT2D eigenvalue weighted by molar-refractivity contribution is 5.80. The van der Waals surface area contributed by atoms with E-state index in [1.54, 1.807) is 0 Å².